The number of carbonyl (C=O) groups excluding carboxylic acids is 1. The summed E-state index contributed by atoms with van der Waals surface area (Å²) in [5.41, 5.74) is 6.31. The lowest BCUT2D eigenvalue weighted by Gasteiger charge is -2.20. The second-order valence-electron chi connectivity index (χ2n) is 5.59. The maximum atomic E-state index is 13.1. The van der Waals surface area contributed by atoms with Gasteiger partial charge in [0.25, 0.3) is 0 Å². The normalized spacial score (nSPS) is 26.7. The topological polar surface area (TPSA) is 49.6 Å². The van der Waals surface area contributed by atoms with Gasteiger partial charge in [-0.2, -0.15) is 0 Å². The third kappa shape index (κ3) is 2.56. The fourth-order valence-corrected chi connectivity index (χ4v) is 3.29. The van der Waals surface area contributed by atoms with Crippen molar-refractivity contribution in [2.75, 3.05) is 26.2 Å². The van der Waals surface area contributed by atoms with E-state index in [1.807, 2.05) is 6.07 Å². The molecule has 1 aromatic carbocycles. The van der Waals surface area contributed by atoms with Crippen LogP contribution in [0.3, 0.4) is 0 Å². The molecule has 0 saturated carbocycles. The minimum Gasteiger partial charge on any atom is -0.351 e. The van der Waals surface area contributed by atoms with Crippen LogP contribution in [0.5, 0.6) is 0 Å². The molecule has 102 valence electrons. The van der Waals surface area contributed by atoms with Crippen LogP contribution >= 0.6 is 0 Å². The summed E-state index contributed by atoms with van der Waals surface area (Å²) in [5.74, 6) is 0.846. The van der Waals surface area contributed by atoms with Crippen LogP contribution in [0.25, 0.3) is 0 Å². The maximum absolute atomic E-state index is 13.1. The standard InChI is InChI=1S/C14H18FN3O/c15-13-3-1-2-10(4-13)5-17-6-11-8-18(14(16)19)9-12(11)7-17/h1-4,11-12H,5-9H2,(H2,16,19)/t11-,12+. The highest BCUT2D eigenvalue weighted by molar-refractivity contribution is 5.72. The van der Waals surface area contributed by atoms with Crippen molar-refractivity contribution in [1.82, 2.24) is 9.80 Å². The van der Waals surface area contributed by atoms with Crippen LogP contribution in [-0.2, 0) is 6.54 Å². The average molecular weight is 263 g/mol. The van der Waals surface area contributed by atoms with Crippen LogP contribution in [0, 0.1) is 17.7 Å². The van der Waals surface area contributed by atoms with Crippen molar-refractivity contribution in [2.24, 2.45) is 17.6 Å². The van der Waals surface area contributed by atoms with E-state index in [-0.39, 0.29) is 11.8 Å². The molecule has 2 heterocycles. The third-order valence-corrected chi connectivity index (χ3v) is 4.17. The Morgan fingerprint density at radius 1 is 1.26 bits per heavy atom. The molecule has 3 rings (SSSR count). The summed E-state index contributed by atoms with van der Waals surface area (Å²) in [5, 5.41) is 0. The quantitative estimate of drug-likeness (QED) is 0.873. The zero-order chi connectivity index (χ0) is 13.4. The van der Waals surface area contributed by atoms with Crippen molar-refractivity contribution in [3.63, 3.8) is 0 Å². The Morgan fingerprint density at radius 3 is 2.53 bits per heavy atom. The van der Waals surface area contributed by atoms with Gasteiger partial charge in [-0.15, -0.1) is 0 Å². The first-order chi connectivity index (χ1) is 9.11. The molecule has 2 aliphatic heterocycles. The van der Waals surface area contributed by atoms with Crippen LogP contribution in [0.15, 0.2) is 24.3 Å². The zero-order valence-electron chi connectivity index (χ0n) is 10.8. The van der Waals surface area contributed by atoms with Crippen molar-refractivity contribution >= 4 is 6.03 Å². The maximum Gasteiger partial charge on any atom is 0.314 e. The summed E-state index contributed by atoms with van der Waals surface area (Å²) < 4.78 is 13.1. The van der Waals surface area contributed by atoms with Gasteiger partial charge in [-0.3, -0.25) is 4.90 Å². The molecule has 2 N–H and O–H groups in total. The molecule has 19 heavy (non-hydrogen) atoms. The minimum atomic E-state index is -0.314. The number of fused-ring (bicyclic) bond motifs is 1. The highest BCUT2D eigenvalue weighted by atomic mass is 19.1. The molecule has 0 radical (unpaired) electrons. The fraction of sp³-hybridized carbons (Fsp3) is 0.500. The van der Waals surface area contributed by atoms with E-state index in [0.717, 1.165) is 38.3 Å². The number of carbonyl (C=O) groups is 1. The smallest absolute Gasteiger partial charge is 0.314 e. The SMILES string of the molecule is NC(=O)N1C[C@H]2CN(Cc3cccc(F)c3)C[C@H]2C1. The molecule has 0 spiro atoms. The Labute approximate surface area is 112 Å². The first kappa shape index (κ1) is 12.4. The van der Waals surface area contributed by atoms with E-state index in [9.17, 15) is 9.18 Å². The largest absolute Gasteiger partial charge is 0.351 e. The van der Waals surface area contributed by atoms with Gasteiger partial charge in [-0.25, -0.2) is 9.18 Å². The van der Waals surface area contributed by atoms with E-state index in [1.165, 1.54) is 6.07 Å². The number of hydrogen-bond donors (Lipinski definition) is 1. The van der Waals surface area contributed by atoms with Gasteiger partial charge in [0.1, 0.15) is 5.82 Å². The number of nitrogens with two attached hydrogens (primary N) is 1. The molecule has 1 aromatic rings. The zero-order valence-corrected chi connectivity index (χ0v) is 10.8. The first-order valence-corrected chi connectivity index (χ1v) is 6.63. The van der Waals surface area contributed by atoms with E-state index in [0.29, 0.717) is 11.8 Å². The fourth-order valence-electron chi connectivity index (χ4n) is 3.29. The number of rotatable bonds is 2. The average Bonchev–Trinajstić information content (AvgIpc) is 2.86. The van der Waals surface area contributed by atoms with Gasteiger partial charge >= 0.3 is 6.03 Å². The Bertz CT molecular complexity index is 479. The lowest BCUT2D eigenvalue weighted by atomic mass is 10.0. The number of amides is 2. The highest BCUT2D eigenvalue weighted by Gasteiger charge is 2.40. The Kier molecular flexibility index (Phi) is 3.14. The van der Waals surface area contributed by atoms with Gasteiger partial charge in [-0.05, 0) is 29.5 Å². The predicted molar refractivity (Wildman–Crippen MR) is 69.8 cm³/mol. The Morgan fingerprint density at radius 2 is 1.95 bits per heavy atom. The molecule has 5 heteroatoms. The molecule has 2 fully saturated rings. The Balaban J connectivity index is 1.59. The van der Waals surface area contributed by atoms with Gasteiger partial charge in [-0.1, -0.05) is 12.1 Å². The first-order valence-electron chi connectivity index (χ1n) is 6.63. The van der Waals surface area contributed by atoms with Crippen molar-refractivity contribution in [2.45, 2.75) is 6.54 Å². The number of likely N-dealkylation sites (tertiary alicyclic amines) is 2. The van der Waals surface area contributed by atoms with Crippen LogP contribution < -0.4 is 5.73 Å². The van der Waals surface area contributed by atoms with E-state index in [4.69, 9.17) is 5.73 Å². The number of halogens is 1. The van der Waals surface area contributed by atoms with Crippen LogP contribution in [0.4, 0.5) is 9.18 Å². The molecule has 2 aliphatic rings. The summed E-state index contributed by atoms with van der Waals surface area (Å²) in [6, 6.07) is 6.44. The predicted octanol–water partition coefficient (Wildman–Crippen LogP) is 1.27. The van der Waals surface area contributed by atoms with E-state index in [2.05, 4.69) is 4.90 Å². The van der Waals surface area contributed by atoms with E-state index < -0.39 is 0 Å². The Hall–Kier alpha value is -1.62. The molecule has 2 amide bonds. The molecular weight excluding hydrogens is 245 g/mol. The van der Waals surface area contributed by atoms with Crippen molar-refractivity contribution in [3.05, 3.63) is 35.6 Å². The summed E-state index contributed by atoms with van der Waals surface area (Å²) in [4.78, 5) is 15.2. The molecule has 0 aliphatic carbocycles. The molecule has 0 unspecified atom stereocenters. The number of nitrogens with zero attached hydrogens (tertiary/aromatic N) is 2. The number of hydrogen-bond acceptors (Lipinski definition) is 2. The molecule has 2 atom stereocenters. The number of primary amides is 1. The van der Waals surface area contributed by atoms with E-state index in [1.54, 1.807) is 17.0 Å². The highest BCUT2D eigenvalue weighted by Crippen LogP contribution is 2.31. The van der Waals surface area contributed by atoms with Gasteiger partial charge < -0.3 is 10.6 Å². The lowest BCUT2D eigenvalue weighted by Crippen LogP contribution is -2.36. The van der Waals surface area contributed by atoms with Gasteiger partial charge in [0.2, 0.25) is 0 Å². The molecule has 2 saturated heterocycles. The van der Waals surface area contributed by atoms with E-state index >= 15 is 0 Å². The summed E-state index contributed by atoms with van der Waals surface area (Å²) >= 11 is 0. The van der Waals surface area contributed by atoms with Crippen LogP contribution in [-0.4, -0.2) is 42.0 Å². The lowest BCUT2D eigenvalue weighted by molar-refractivity contribution is 0.208. The second kappa shape index (κ2) is 4.81. The second-order valence-corrected chi connectivity index (χ2v) is 5.59. The molecular formula is C14H18FN3O. The minimum absolute atomic E-state index is 0.184. The summed E-state index contributed by atoms with van der Waals surface area (Å²) in [6.45, 7) is 4.23. The van der Waals surface area contributed by atoms with Crippen LogP contribution in [0.1, 0.15) is 5.56 Å². The van der Waals surface area contributed by atoms with Gasteiger partial charge in [0.05, 0.1) is 0 Å². The molecule has 0 bridgehead atoms. The molecule has 0 aromatic heterocycles. The monoisotopic (exact) mass is 263 g/mol. The van der Waals surface area contributed by atoms with Crippen molar-refractivity contribution in [1.29, 1.82) is 0 Å². The molecule has 4 nitrogen and oxygen atoms in total. The van der Waals surface area contributed by atoms with Crippen molar-refractivity contribution in [3.8, 4) is 0 Å². The third-order valence-electron chi connectivity index (χ3n) is 4.17. The van der Waals surface area contributed by atoms with Gasteiger partial charge in [0.15, 0.2) is 0 Å². The summed E-state index contributed by atoms with van der Waals surface area (Å²) in [7, 11) is 0. The van der Waals surface area contributed by atoms with Gasteiger partial charge in [0, 0.05) is 32.7 Å². The van der Waals surface area contributed by atoms with Crippen LogP contribution in [0.2, 0.25) is 0 Å². The number of urea groups is 1. The number of benzene rings is 1. The summed E-state index contributed by atoms with van der Waals surface area (Å²) in [6.07, 6.45) is 0. The van der Waals surface area contributed by atoms with Crippen molar-refractivity contribution < 1.29 is 9.18 Å².